The van der Waals surface area contributed by atoms with Gasteiger partial charge in [0.05, 0.1) is 9.13 Å². The lowest BCUT2D eigenvalue weighted by Crippen LogP contribution is -2.12. The van der Waals surface area contributed by atoms with Gasteiger partial charge in [0.1, 0.15) is 5.75 Å². The van der Waals surface area contributed by atoms with Gasteiger partial charge in [-0.25, -0.2) is 9.65 Å². The average Bonchev–Trinajstić information content (AvgIpc) is 2.24. The van der Waals surface area contributed by atoms with Gasteiger partial charge in [0.15, 0.2) is 0 Å². The zero-order valence-corrected chi connectivity index (χ0v) is 11.9. The van der Waals surface area contributed by atoms with Crippen LogP contribution in [0.25, 0.3) is 0 Å². The van der Waals surface area contributed by atoms with Crippen LogP contribution in [0, 0.1) is 0 Å². The van der Waals surface area contributed by atoms with E-state index in [4.69, 9.17) is 24.3 Å². The topological polar surface area (TPSA) is 47.6 Å². The van der Waals surface area contributed by atoms with Crippen molar-refractivity contribution in [3.05, 3.63) is 28.8 Å². The van der Waals surface area contributed by atoms with E-state index >= 15 is 0 Å². The monoisotopic (exact) mass is 297 g/mol. The van der Waals surface area contributed by atoms with Crippen molar-refractivity contribution >= 4 is 19.3 Å². The summed E-state index contributed by atoms with van der Waals surface area (Å²) in [5, 5.41) is 1.65. The molecule has 0 aliphatic heterocycles. The van der Waals surface area contributed by atoms with Gasteiger partial charge in [-0.3, -0.25) is 4.52 Å². The van der Waals surface area contributed by atoms with E-state index in [1.165, 1.54) is 6.07 Å². The number of rotatable bonds is 4. The maximum absolute atomic E-state index is 12.5. The Balaban J connectivity index is 3.18. The molecule has 1 rings (SSSR count). The summed E-state index contributed by atoms with van der Waals surface area (Å²) < 4.78 is 64.3. The molecule has 0 amide bonds. The molecule has 1 unspecified atom stereocenters. The summed E-state index contributed by atoms with van der Waals surface area (Å²) in [5.41, 5.74) is 0.646. The van der Waals surface area contributed by atoms with E-state index in [1.807, 2.05) is 20.8 Å². The van der Waals surface area contributed by atoms with E-state index in [0.29, 0.717) is 0 Å². The number of nitrogens with one attached hydrogen (secondary N) is 1. The number of hydrogen-bond acceptors (Lipinski definition) is 3. The van der Waals surface area contributed by atoms with Crippen molar-refractivity contribution in [1.29, 1.82) is 0 Å². The predicted octanol–water partition coefficient (Wildman–Crippen LogP) is 3.99. The molecule has 1 atom stereocenters. The van der Waals surface area contributed by atoms with Crippen LogP contribution < -0.4 is 9.61 Å². The highest BCUT2D eigenvalue weighted by atomic mass is 35.5. The highest BCUT2D eigenvalue weighted by Crippen LogP contribution is 2.45. The predicted molar refractivity (Wildman–Crippen MR) is 74.5 cm³/mol. The molecular formula is C12H19ClNO3P. The summed E-state index contributed by atoms with van der Waals surface area (Å²) in [6, 6.07) is 4.59. The van der Waals surface area contributed by atoms with Gasteiger partial charge in [-0.1, -0.05) is 38.4 Å². The van der Waals surface area contributed by atoms with E-state index in [0.717, 1.165) is 5.56 Å². The molecule has 0 heterocycles. The van der Waals surface area contributed by atoms with Crippen LogP contribution in [0.1, 0.15) is 34.6 Å². The molecule has 0 radical (unpaired) electrons. The fourth-order valence-electron chi connectivity index (χ4n) is 1.24. The fraction of sp³-hybridized carbons (Fsp3) is 0.500. The first-order valence-electron chi connectivity index (χ1n) is 8.11. The molecular weight excluding hydrogens is 273 g/mol. The van der Waals surface area contributed by atoms with Crippen LogP contribution in [0.3, 0.4) is 0 Å². The van der Waals surface area contributed by atoms with E-state index in [1.54, 1.807) is 17.2 Å². The lowest BCUT2D eigenvalue weighted by molar-refractivity contribution is 0.313. The minimum absolute atomic E-state index is 0.0455. The van der Waals surface area contributed by atoms with Crippen LogP contribution >= 0.6 is 19.3 Å². The summed E-state index contributed by atoms with van der Waals surface area (Å²) >= 11 is 6.07. The maximum Gasteiger partial charge on any atom is 0.458 e. The van der Waals surface area contributed by atoms with Crippen molar-refractivity contribution in [1.82, 2.24) is 5.09 Å². The van der Waals surface area contributed by atoms with Crippen LogP contribution in [0.15, 0.2) is 18.2 Å². The highest BCUT2D eigenvalue weighted by molar-refractivity contribution is 7.52. The Kier molecular flexibility index (Phi) is 2.68. The molecule has 0 aromatic heterocycles. The van der Waals surface area contributed by atoms with Crippen LogP contribution in [-0.4, -0.2) is 14.0 Å². The minimum atomic E-state index is -4.73. The quantitative estimate of drug-likeness (QED) is 0.854. The fourth-order valence-corrected chi connectivity index (χ4v) is 2.05. The van der Waals surface area contributed by atoms with Crippen molar-refractivity contribution in [2.45, 2.75) is 26.2 Å². The Bertz CT molecular complexity index is 621. The van der Waals surface area contributed by atoms with Crippen molar-refractivity contribution in [3.8, 4) is 5.75 Å². The number of hydrogen-bond donors (Lipinski definition) is 1. The van der Waals surface area contributed by atoms with Crippen LogP contribution in [-0.2, 0) is 14.5 Å². The lowest BCUT2D eigenvalue weighted by Gasteiger charge is -2.21. The molecule has 0 aliphatic carbocycles. The molecule has 18 heavy (non-hydrogen) atoms. The number of benzene rings is 1. The van der Waals surface area contributed by atoms with Crippen molar-refractivity contribution in [2.24, 2.45) is 0 Å². The van der Waals surface area contributed by atoms with Crippen LogP contribution in [0.2, 0.25) is 5.02 Å². The second kappa shape index (κ2) is 5.62. The zero-order valence-electron chi connectivity index (χ0n) is 16.3. The molecule has 1 aromatic carbocycles. The molecule has 0 saturated carbocycles. The molecule has 0 fully saturated rings. The first kappa shape index (κ1) is 8.60. The van der Waals surface area contributed by atoms with Gasteiger partial charge in [0, 0.05) is 11.2 Å². The first-order chi connectivity index (χ1) is 10.5. The lowest BCUT2D eigenvalue weighted by atomic mass is 9.87. The minimum Gasteiger partial charge on any atom is -0.412 e. The van der Waals surface area contributed by atoms with Gasteiger partial charge in [-0.2, -0.15) is 0 Å². The summed E-state index contributed by atoms with van der Waals surface area (Å²) in [6.45, 7) is 2.92. The van der Waals surface area contributed by atoms with Crippen LogP contribution in [0.5, 0.6) is 5.75 Å². The maximum atomic E-state index is 12.5. The Morgan fingerprint density at radius 1 is 1.44 bits per heavy atom. The van der Waals surface area contributed by atoms with Crippen molar-refractivity contribution in [3.63, 3.8) is 0 Å². The molecule has 4 nitrogen and oxygen atoms in total. The zero-order chi connectivity index (χ0) is 19.0. The summed E-state index contributed by atoms with van der Waals surface area (Å²) in [5.74, 6) is -0.158. The molecule has 0 bridgehead atoms. The smallest absolute Gasteiger partial charge is 0.412 e. The van der Waals surface area contributed by atoms with Gasteiger partial charge >= 0.3 is 7.75 Å². The van der Waals surface area contributed by atoms with Crippen molar-refractivity contribution < 1.29 is 21.8 Å². The van der Waals surface area contributed by atoms with Gasteiger partial charge in [0.2, 0.25) is 0 Å². The van der Waals surface area contributed by atoms with Gasteiger partial charge in [0.25, 0.3) is 0 Å². The summed E-state index contributed by atoms with van der Waals surface area (Å²) in [4.78, 5) is 0. The summed E-state index contributed by atoms with van der Waals surface area (Å²) in [7, 11) is -7.86. The normalized spacial score (nSPS) is 21.6. The standard InChI is InChI=1S/C12H19ClNO3P/c1-12(2,3)9-6-7-11(10(13)8-9)17-18(15,14-4)16-5/h6-8H,1-5H3,(H,14,15)/i4D3,5D3. The third-order valence-corrected chi connectivity index (χ3v) is 3.52. The van der Waals surface area contributed by atoms with E-state index < -0.39 is 21.8 Å². The molecule has 6 heteroatoms. The van der Waals surface area contributed by atoms with Gasteiger partial charge in [-0.15, -0.1) is 0 Å². The molecule has 0 aliphatic rings. The second-order valence-corrected chi connectivity index (χ2v) is 6.68. The Morgan fingerprint density at radius 3 is 2.67 bits per heavy atom. The van der Waals surface area contributed by atoms with Crippen molar-refractivity contribution in [2.75, 3.05) is 14.0 Å². The van der Waals surface area contributed by atoms with Gasteiger partial charge < -0.3 is 4.52 Å². The molecule has 0 saturated heterocycles. The average molecular weight is 298 g/mol. The first-order valence-corrected chi connectivity index (χ1v) is 7.03. The largest absolute Gasteiger partial charge is 0.458 e. The molecule has 0 spiro atoms. The van der Waals surface area contributed by atoms with E-state index in [-0.39, 0.29) is 16.2 Å². The van der Waals surface area contributed by atoms with Gasteiger partial charge in [-0.05, 0) is 30.1 Å². The Labute approximate surface area is 122 Å². The number of halogens is 1. The van der Waals surface area contributed by atoms with E-state index in [9.17, 15) is 4.57 Å². The third kappa shape index (κ3) is 3.72. The highest BCUT2D eigenvalue weighted by Gasteiger charge is 2.24. The Hall–Kier alpha value is -0.540. The third-order valence-electron chi connectivity index (χ3n) is 2.27. The summed E-state index contributed by atoms with van der Waals surface area (Å²) in [6.07, 6.45) is 0. The van der Waals surface area contributed by atoms with E-state index in [2.05, 4.69) is 4.52 Å². The Morgan fingerprint density at radius 2 is 2.17 bits per heavy atom. The van der Waals surface area contributed by atoms with Crippen LogP contribution in [0.4, 0.5) is 0 Å². The molecule has 1 aromatic rings. The molecule has 1 N–H and O–H groups in total. The second-order valence-electron chi connectivity index (χ2n) is 4.69. The SMILES string of the molecule is [2H]C([2H])([2H])NP(=O)(Oc1ccc(C(C)(C)C)cc1Cl)OC([2H])([2H])[2H]. The molecule has 102 valence electrons.